The number of nitrogens with one attached hydrogen (secondary N) is 1. The highest BCUT2D eigenvalue weighted by atomic mass is 79.9. The lowest BCUT2D eigenvalue weighted by Gasteiger charge is -2.25. The van der Waals surface area contributed by atoms with E-state index in [1.54, 1.807) is 0 Å². The summed E-state index contributed by atoms with van der Waals surface area (Å²) in [6.45, 7) is 9.87. The molecule has 0 saturated carbocycles. The summed E-state index contributed by atoms with van der Waals surface area (Å²) in [5.41, 5.74) is 2.92. The molecule has 1 N–H and O–H groups in total. The van der Waals surface area contributed by atoms with Crippen LogP contribution in [0.4, 0.5) is 0 Å². The minimum atomic E-state index is -1.11. The second-order valence-electron chi connectivity index (χ2n) is 5.98. The van der Waals surface area contributed by atoms with Gasteiger partial charge in [-0.05, 0) is 62.2 Å². The van der Waals surface area contributed by atoms with Gasteiger partial charge in [0.2, 0.25) is 0 Å². The van der Waals surface area contributed by atoms with E-state index in [1.807, 2.05) is 57.5 Å². The number of imidazole rings is 1. The van der Waals surface area contributed by atoms with E-state index in [0.717, 1.165) is 21.4 Å². The van der Waals surface area contributed by atoms with Crippen LogP contribution in [0.5, 0.6) is 0 Å². The zero-order chi connectivity index (χ0) is 15.1. The molecule has 0 fully saturated rings. The van der Waals surface area contributed by atoms with Gasteiger partial charge in [0, 0.05) is 23.8 Å². The smallest absolute Gasteiger partial charge is 0.151 e. The number of hydrogen-bond donors (Lipinski definition) is 1. The Morgan fingerprint density at radius 2 is 2.05 bits per heavy atom. The van der Waals surface area contributed by atoms with Crippen LogP contribution in [-0.2, 0) is 11.4 Å². The molecule has 4 nitrogen and oxygen atoms in total. The number of fused-ring (bicyclic) bond motifs is 1. The second kappa shape index (κ2) is 5.67. The van der Waals surface area contributed by atoms with Crippen molar-refractivity contribution in [3.8, 4) is 0 Å². The fourth-order valence-corrected chi connectivity index (χ4v) is 3.27. The normalized spacial score (nSPS) is 15.6. The van der Waals surface area contributed by atoms with E-state index in [0.29, 0.717) is 0 Å². The summed E-state index contributed by atoms with van der Waals surface area (Å²) in [5.74, 6) is 0. The van der Waals surface area contributed by atoms with E-state index in [-0.39, 0.29) is 10.8 Å². The molecule has 2 rings (SSSR count). The van der Waals surface area contributed by atoms with E-state index in [1.165, 1.54) is 0 Å². The van der Waals surface area contributed by atoms with Gasteiger partial charge in [-0.3, -0.25) is 0 Å². The van der Waals surface area contributed by atoms with Gasteiger partial charge in [0.25, 0.3) is 0 Å². The number of halogens is 1. The minimum Gasteiger partial charge on any atom is -0.598 e. The van der Waals surface area contributed by atoms with Crippen LogP contribution in [0.25, 0.3) is 5.65 Å². The van der Waals surface area contributed by atoms with Crippen LogP contribution in [0.15, 0.2) is 22.9 Å². The largest absolute Gasteiger partial charge is 0.598 e. The highest BCUT2D eigenvalue weighted by Gasteiger charge is 2.29. The molecular formula is C14H20BrN3OS. The predicted octanol–water partition coefficient (Wildman–Crippen LogP) is 3.52. The Bertz CT molecular complexity index is 621. The summed E-state index contributed by atoms with van der Waals surface area (Å²) in [4.78, 5) is 4.61. The maximum absolute atomic E-state index is 12.1. The molecule has 0 aliphatic heterocycles. The quantitative estimate of drug-likeness (QED) is 0.855. The number of nitrogens with zero attached hydrogens (tertiary/aromatic N) is 2. The van der Waals surface area contributed by atoms with Crippen LogP contribution in [0.1, 0.15) is 45.0 Å². The fourth-order valence-electron chi connectivity index (χ4n) is 1.82. The van der Waals surface area contributed by atoms with Gasteiger partial charge in [-0.1, -0.05) is 0 Å². The molecule has 20 heavy (non-hydrogen) atoms. The first-order valence-electron chi connectivity index (χ1n) is 6.51. The van der Waals surface area contributed by atoms with Crippen LogP contribution in [0.2, 0.25) is 0 Å². The van der Waals surface area contributed by atoms with Crippen molar-refractivity contribution in [2.45, 2.75) is 45.4 Å². The summed E-state index contributed by atoms with van der Waals surface area (Å²) in [6, 6.07) is 1.97. The summed E-state index contributed by atoms with van der Waals surface area (Å²) < 4.78 is 17.9. The molecule has 0 aliphatic rings. The van der Waals surface area contributed by atoms with Gasteiger partial charge < -0.3 is 8.95 Å². The number of aromatic nitrogens is 2. The minimum absolute atomic E-state index is 0.0674. The first-order chi connectivity index (χ1) is 9.18. The lowest BCUT2D eigenvalue weighted by Crippen LogP contribution is -2.40. The molecule has 2 atom stereocenters. The Morgan fingerprint density at radius 1 is 1.40 bits per heavy atom. The molecule has 110 valence electrons. The third-order valence-corrected chi connectivity index (χ3v) is 5.21. The lowest BCUT2D eigenvalue weighted by atomic mass is 10.3. The Morgan fingerprint density at radius 3 is 2.65 bits per heavy atom. The van der Waals surface area contributed by atoms with E-state index in [2.05, 4.69) is 25.6 Å². The molecule has 0 spiro atoms. The van der Waals surface area contributed by atoms with Gasteiger partial charge in [0.15, 0.2) is 5.65 Å². The molecule has 0 saturated heterocycles. The van der Waals surface area contributed by atoms with Gasteiger partial charge in [-0.25, -0.2) is 4.98 Å². The number of aryl methyl sites for hydroxylation is 1. The fraction of sp³-hybridized carbons (Fsp3) is 0.500. The first-order valence-corrected chi connectivity index (χ1v) is 8.45. The maximum atomic E-state index is 12.1. The average Bonchev–Trinajstić information content (AvgIpc) is 2.71. The number of rotatable bonds is 3. The van der Waals surface area contributed by atoms with Crippen LogP contribution >= 0.6 is 15.9 Å². The Kier molecular flexibility index (Phi) is 4.49. The Labute approximate surface area is 131 Å². The molecule has 0 aromatic carbocycles. The summed E-state index contributed by atoms with van der Waals surface area (Å²) in [7, 11) is 0. The molecule has 2 heterocycles. The van der Waals surface area contributed by atoms with Crippen LogP contribution < -0.4 is 4.72 Å². The van der Waals surface area contributed by atoms with Crippen molar-refractivity contribution in [3.63, 3.8) is 0 Å². The molecule has 1 unspecified atom stereocenters. The monoisotopic (exact) mass is 357 g/mol. The van der Waals surface area contributed by atoms with Gasteiger partial charge in [-0.2, -0.15) is 0 Å². The average molecular weight is 358 g/mol. The molecule has 0 aliphatic carbocycles. The zero-order valence-corrected chi connectivity index (χ0v) is 14.8. The van der Waals surface area contributed by atoms with Gasteiger partial charge in [-0.15, -0.1) is 4.72 Å². The maximum Gasteiger partial charge on any atom is 0.151 e. The van der Waals surface area contributed by atoms with Crippen molar-refractivity contribution in [3.05, 3.63) is 34.2 Å². The zero-order valence-electron chi connectivity index (χ0n) is 12.4. The van der Waals surface area contributed by atoms with Crippen molar-refractivity contribution in [1.29, 1.82) is 0 Å². The Hall–Kier alpha value is -0.560. The van der Waals surface area contributed by atoms with Gasteiger partial charge in [0.1, 0.15) is 4.75 Å². The molecule has 2 aromatic heterocycles. The van der Waals surface area contributed by atoms with E-state index in [9.17, 15) is 4.55 Å². The predicted molar refractivity (Wildman–Crippen MR) is 87.1 cm³/mol. The highest BCUT2D eigenvalue weighted by molar-refractivity contribution is 9.10. The molecular weight excluding hydrogens is 338 g/mol. The van der Waals surface area contributed by atoms with Gasteiger partial charge >= 0.3 is 0 Å². The van der Waals surface area contributed by atoms with Crippen LogP contribution in [0.3, 0.4) is 0 Å². The molecule has 6 heteroatoms. The number of pyridine rings is 1. The SMILES string of the molecule is Cc1cc(Br)c2nc(C(C)N[S@+]([O-])C(C)(C)C)cn2c1. The topological polar surface area (TPSA) is 52.4 Å². The molecule has 0 radical (unpaired) electrons. The number of hydrogen-bond acceptors (Lipinski definition) is 3. The summed E-state index contributed by atoms with van der Waals surface area (Å²) >= 11 is 2.42. The van der Waals surface area contributed by atoms with E-state index < -0.39 is 11.4 Å². The first kappa shape index (κ1) is 15.8. The molecule has 2 aromatic rings. The van der Waals surface area contributed by atoms with Crippen LogP contribution in [0, 0.1) is 6.92 Å². The Balaban J connectivity index is 2.27. The van der Waals surface area contributed by atoms with E-state index >= 15 is 0 Å². The lowest BCUT2D eigenvalue weighted by molar-refractivity contribution is 0.529. The summed E-state index contributed by atoms with van der Waals surface area (Å²) in [6.07, 6.45) is 4.01. The van der Waals surface area contributed by atoms with Crippen molar-refractivity contribution >= 4 is 32.9 Å². The highest BCUT2D eigenvalue weighted by Crippen LogP contribution is 2.23. The van der Waals surface area contributed by atoms with Crippen molar-refractivity contribution in [2.75, 3.05) is 0 Å². The standard InChI is InChI=1S/C14H20BrN3OS/c1-9-6-11(15)13-16-12(8-18(13)7-9)10(2)17-20(19)14(3,4)5/h6-8,10,17H,1-5H3/t10?,20-/m1/s1. The third-order valence-electron chi connectivity index (χ3n) is 2.95. The van der Waals surface area contributed by atoms with E-state index in [4.69, 9.17) is 0 Å². The molecule has 0 bridgehead atoms. The molecule has 0 amide bonds. The second-order valence-corrected chi connectivity index (χ2v) is 8.83. The van der Waals surface area contributed by atoms with Crippen LogP contribution in [-0.4, -0.2) is 18.7 Å². The third kappa shape index (κ3) is 3.36. The van der Waals surface area contributed by atoms with Crippen molar-refractivity contribution in [1.82, 2.24) is 14.1 Å². The summed E-state index contributed by atoms with van der Waals surface area (Å²) in [5, 5.41) is 0. The van der Waals surface area contributed by atoms with Crippen molar-refractivity contribution < 1.29 is 4.55 Å². The van der Waals surface area contributed by atoms with Crippen molar-refractivity contribution in [2.24, 2.45) is 0 Å². The van der Waals surface area contributed by atoms with Gasteiger partial charge in [0.05, 0.1) is 16.2 Å².